The zero-order valence-electron chi connectivity index (χ0n) is 14.3. The second-order valence-corrected chi connectivity index (χ2v) is 7.55. The first-order chi connectivity index (χ1) is 12.4. The summed E-state index contributed by atoms with van der Waals surface area (Å²) < 4.78 is 6.41. The number of thioether (sulfide) groups is 1. The molecule has 1 aliphatic heterocycles. The third-order valence-electron chi connectivity index (χ3n) is 3.96. The molecule has 26 heavy (non-hydrogen) atoms. The Balaban J connectivity index is 1.86. The Labute approximate surface area is 160 Å². The number of aromatic carboxylic acids is 1. The fraction of sp³-hybridized carbons (Fsp3) is 0.211. The normalized spacial score (nSPS) is 15.9. The molecule has 1 N–H and O–H groups in total. The predicted octanol–water partition coefficient (Wildman–Crippen LogP) is 4.56. The van der Waals surface area contributed by atoms with Gasteiger partial charge in [-0.15, -0.1) is 0 Å². The maximum atomic E-state index is 12.4. The highest BCUT2D eigenvalue weighted by molar-refractivity contribution is 8.26. The number of carbonyl (C=O) groups excluding carboxylic acids is 1. The monoisotopic (exact) mass is 387 g/mol. The fourth-order valence-electron chi connectivity index (χ4n) is 2.69. The first kappa shape index (κ1) is 18.4. The van der Waals surface area contributed by atoms with Gasteiger partial charge in [-0.1, -0.05) is 37.0 Å². The predicted molar refractivity (Wildman–Crippen MR) is 106 cm³/mol. The van der Waals surface area contributed by atoms with Crippen LogP contribution in [0.5, 0.6) is 0 Å². The average molecular weight is 387 g/mol. The Kier molecular flexibility index (Phi) is 5.29. The summed E-state index contributed by atoms with van der Waals surface area (Å²) in [7, 11) is 0. The molecular weight excluding hydrogens is 370 g/mol. The minimum atomic E-state index is -0.964. The summed E-state index contributed by atoms with van der Waals surface area (Å²) in [6.45, 7) is 4.44. The van der Waals surface area contributed by atoms with E-state index in [2.05, 4.69) is 0 Å². The quantitative estimate of drug-likeness (QED) is 0.599. The van der Waals surface area contributed by atoms with Gasteiger partial charge in [-0.05, 0) is 43.2 Å². The van der Waals surface area contributed by atoms with Gasteiger partial charge in [-0.3, -0.25) is 9.69 Å². The highest BCUT2D eigenvalue weighted by atomic mass is 32.2. The number of furan rings is 1. The number of nitrogens with zero attached hydrogens (tertiary/aromatic N) is 1. The third-order valence-corrected chi connectivity index (χ3v) is 5.34. The number of hydrogen-bond donors (Lipinski definition) is 1. The maximum Gasteiger partial charge on any atom is 0.335 e. The van der Waals surface area contributed by atoms with Crippen molar-refractivity contribution in [1.82, 2.24) is 4.90 Å². The smallest absolute Gasteiger partial charge is 0.335 e. The van der Waals surface area contributed by atoms with Gasteiger partial charge in [0.1, 0.15) is 15.8 Å². The van der Waals surface area contributed by atoms with Crippen LogP contribution in [-0.2, 0) is 4.79 Å². The molecule has 7 heteroatoms. The van der Waals surface area contributed by atoms with Gasteiger partial charge in [0, 0.05) is 18.2 Å². The number of amides is 1. The number of benzene rings is 1. The highest BCUT2D eigenvalue weighted by Gasteiger charge is 2.31. The molecule has 0 atom stereocenters. The van der Waals surface area contributed by atoms with Crippen molar-refractivity contribution in [2.45, 2.75) is 20.3 Å². The molecule has 5 nitrogen and oxygen atoms in total. The Morgan fingerprint density at radius 2 is 2.12 bits per heavy atom. The van der Waals surface area contributed by atoms with Gasteiger partial charge in [0.15, 0.2) is 0 Å². The molecule has 1 fully saturated rings. The lowest BCUT2D eigenvalue weighted by Crippen LogP contribution is -2.28. The van der Waals surface area contributed by atoms with E-state index < -0.39 is 5.97 Å². The van der Waals surface area contributed by atoms with Gasteiger partial charge in [-0.2, -0.15) is 0 Å². The van der Waals surface area contributed by atoms with Crippen molar-refractivity contribution in [3.8, 4) is 11.3 Å². The summed E-state index contributed by atoms with van der Waals surface area (Å²) >= 11 is 6.53. The Morgan fingerprint density at radius 3 is 2.77 bits per heavy atom. The summed E-state index contributed by atoms with van der Waals surface area (Å²) in [5.74, 6) is 0.115. The molecule has 0 aliphatic carbocycles. The van der Waals surface area contributed by atoms with Gasteiger partial charge >= 0.3 is 5.97 Å². The van der Waals surface area contributed by atoms with E-state index in [1.165, 1.54) is 11.8 Å². The largest absolute Gasteiger partial charge is 0.478 e. The van der Waals surface area contributed by atoms with Crippen LogP contribution < -0.4 is 0 Å². The van der Waals surface area contributed by atoms with Crippen LogP contribution in [0.3, 0.4) is 0 Å². The standard InChI is InChI=1S/C19H17NO4S2/c1-3-8-20-17(21)16(26-19(20)25)10-13-5-7-15(24-13)14-6-4-12(18(22)23)9-11(14)2/h4-7,9-10H,3,8H2,1-2H3,(H,22,23)/b16-10+. The van der Waals surface area contributed by atoms with Gasteiger partial charge in [0.25, 0.3) is 5.91 Å². The number of carboxylic acid groups (broad SMARTS) is 1. The second-order valence-electron chi connectivity index (χ2n) is 5.87. The van der Waals surface area contributed by atoms with E-state index in [1.807, 2.05) is 13.8 Å². The van der Waals surface area contributed by atoms with Crippen LogP contribution in [0.2, 0.25) is 0 Å². The fourth-order valence-corrected chi connectivity index (χ4v) is 3.98. The lowest BCUT2D eigenvalue weighted by Gasteiger charge is -2.11. The van der Waals surface area contributed by atoms with Gasteiger partial charge in [0.2, 0.25) is 0 Å². The maximum absolute atomic E-state index is 12.4. The first-order valence-corrected chi connectivity index (χ1v) is 9.32. The molecule has 134 valence electrons. The van der Waals surface area contributed by atoms with Crippen LogP contribution in [0.25, 0.3) is 17.4 Å². The topological polar surface area (TPSA) is 70.8 Å². The van der Waals surface area contributed by atoms with E-state index in [4.69, 9.17) is 21.7 Å². The Bertz CT molecular complexity index is 929. The molecule has 1 aromatic carbocycles. The van der Waals surface area contributed by atoms with E-state index in [9.17, 15) is 9.59 Å². The number of rotatable bonds is 5. The molecule has 0 radical (unpaired) electrons. The second kappa shape index (κ2) is 7.47. The summed E-state index contributed by atoms with van der Waals surface area (Å²) in [4.78, 5) is 25.6. The molecule has 1 aromatic heterocycles. The Hall–Kier alpha value is -2.38. The van der Waals surface area contributed by atoms with Crippen molar-refractivity contribution >= 4 is 46.3 Å². The van der Waals surface area contributed by atoms with Crippen molar-refractivity contribution < 1.29 is 19.1 Å². The van der Waals surface area contributed by atoms with Crippen molar-refractivity contribution in [1.29, 1.82) is 0 Å². The van der Waals surface area contributed by atoms with Gasteiger partial charge in [0.05, 0.1) is 10.5 Å². The molecule has 3 rings (SSSR count). The lowest BCUT2D eigenvalue weighted by molar-refractivity contribution is -0.122. The molecule has 0 saturated carbocycles. The van der Waals surface area contributed by atoms with Crippen molar-refractivity contribution in [3.63, 3.8) is 0 Å². The zero-order chi connectivity index (χ0) is 18.8. The third kappa shape index (κ3) is 3.59. The molecule has 1 saturated heterocycles. The number of carboxylic acids is 1. The Morgan fingerprint density at radius 1 is 1.35 bits per heavy atom. The number of aryl methyl sites for hydroxylation is 1. The van der Waals surface area contributed by atoms with Crippen LogP contribution in [-0.4, -0.2) is 32.7 Å². The highest BCUT2D eigenvalue weighted by Crippen LogP contribution is 2.34. The van der Waals surface area contributed by atoms with E-state index in [0.29, 0.717) is 27.3 Å². The van der Waals surface area contributed by atoms with Crippen LogP contribution in [0, 0.1) is 6.92 Å². The number of hydrogen-bond acceptors (Lipinski definition) is 5. The summed E-state index contributed by atoms with van der Waals surface area (Å²) in [6.07, 6.45) is 2.54. The minimum Gasteiger partial charge on any atom is -0.478 e. The first-order valence-electron chi connectivity index (χ1n) is 8.10. The molecule has 1 aliphatic rings. The molecule has 2 aromatic rings. The summed E-state index contributed by atoms with van der Waals surface area (Å²) in [5, 5.41) is 9.06. The van der Waals surface area contributed by atoms with E-state index in [0.717, 1.165) is 17.5 Å². The molecule has 0 spiro atoms. The minimum absolute atomic E-state index is 0.0956. The van der Waals surface area contributed by atoms with Crippen LogP contribution in [0.4, 0.5) is 0 Å². The number of carbonyl (C=O) groups is 2. The SMILES string of the molecule is CCCN1C(=O)/C(=C\c2ccc(-c3ccc(C(=O)O)cc3C)o2)SC1=S. The molecule has 0 bridgehead atoms. The van der Waals surface area contributed by atoms with Crippen molar-refractivity contribution in [2.75, 3.05) is 6.54 Å². The van der Waals surface area contributed by atoms with Crippen LogP contribution >= 0.6 is 24.0 Å². The number of thiocarbonyl (C=S) groups is 1. The van der Waals surface area contributed by atoms with Crippen LogP contribution in [0.1, 0.15) is 35.0 Å². The molecular formula is C19H17NO4S2. The summed E-state index contributed by atoms with van der Waals surface area (Å²) in [6, 6.07) is 8.47. The average Bonchev–Trinajstić information content (AvgIpc) is 3.15. The van der Waals surface area contributed by atoms with Gasteiger partial charge < -0.3 is 9.52 Å². The molecule has 0 unspecified atom stereocenters. The zero-order valence-corrected chi connectivity index (χ0v) is 15.9. The van der Waals surface area contributed by atoms with Crippen molar-refractivity contribution in [2.24, 2.45) is 0 Å². The summed E-state index contributed by atoms with van der Waals surface area (Å²) in [5.41, 5.74) is 1.85. The van der Waals surface area contributed by atoms with E-state index >= 15 is 0 Å². The van der Waals surface area contributed by atoms with Gasteiger partial charge in [-0.25, -0.2) is 4.79 Å². The van der Waals surface area contributed by atoms with E-state index in [1.54, 1.807) is 41.3 Å². The van der Waals surface area contributed by atoms with Crippen LogP contribution in [0.15, 0.2) is 39.7 Å². The molecule has 1 amide bonds. The van der Waals surface area contributed by atoms with Crippen molar-refractivity contribution in [3.05, 3.63) is 52.1 Å². The molecule has 2 heterocycles. The lowest BCUT2D eigenvalue weighted by atomic mass is 10.0. The van der Waals surface area contributed by atoms with E-state index in [-0.39, 0.29) is 11.5 Å².